The highest BCUT2D eigenvalue weighted by Crippen LogP contribution is 2.33. The van der Waals surface area contributed by atoms with Crippen molar-refractivity contribution < 1.29 is 14.8 Å². The molecule has 0 amide bonds. The van der Waals surface area contributed by atoms with Gasteiger partial charge in [-0.25, -0.2) is 0 Å². The summed E-state index contributed by atoms with van der Waals surface area (Å²) in [5.41, 5.74) is 1.47. The number of benzene rings is 1. The number of carbonyl (C=O) groups is 1. The predicted molar refractivity (Wildman–Crippen MR) is 77.2 cm³/mol. The van der Waals surface area contributed by atoms with Crippen molar-refractivity contribution in [2.75, 3.05) is 11.4 Å². The molecule has 1 aromatic carbocycles. The van der Waals surface area contributed by atoms with Gasteiger partial charge in [-0.15, -0.1) is 0 Å². The van der Waals surface area contributed by atoms with Gasteiger partial charge in [0, 0.05) is 25.1 Å². The maximum atomic E-state index is 11.2. The summed E-state index contributed by atoms with van der Waals surface area (Å²) in [5.74, 6) is -0.854. The number of anilines is 1. The Morgan fingerprint density at radius 2 is 2.10 bits per heavy atom. The van der Waals surface area contributed by atoms with Crippen LogP contribution in [0.15, 0.2) is 18.2 Å². The Kier molecular flexibility index (Phi) is 5.49. The topological polar surface area (TPSA) is 83.7 Å². The van der Waals surface area contributed by atoms with E-state index >= 15 is 0 Å². The molecule has 110 valence electrons. The van der Waals surface area contributed by atoms with Gasteiger partial charge in [-0.3, -0.25) is 14.9 Å². The van der Waals surface area contributed by atoms with Crippen molar-refractivity contribution >= 4 is 17.3 Å². The van der Waals surface area contributed by atoms with Crippen LogP contribution in [-0.4, -0.2) is 28.6 Å². The van der Waals surface area contributed by atoms with Crippen LogP contribution in [0.2, 0.25) is 0 Å². The zero-order valence-electron chi connectivity index (χ0n) is 12.0. The second kappa shape index (κ2) is 6.88. The molecule has 0 saturated carbocycles. The summed E-state index contributed by atoms with van der Waals surface area (Å²) in [5, 5.41) is 19.9. The average molecular weight is 280 g/mol. The van der Waals surface area contributed by atoms with Gasteiger partial charge in [0.15, 0.2) is 0 Å². The van der Waals surface area contributed by atoms with Crippen LogP contribution in [0, 0.1) is 17.0 Å². The van der Waals surface area contributed by atoms with E-state index in [2.05, 4.69) is 0 Å². The SMILES string of the molecule is Cc1cccc([N+](=O)[O-])c1N(CCCC(=O)O)C(C)C. The second-order valence-electron chi connectivity index (χ2n) is 4.98. The normalized spacial score (nSPS) is 10.6. The molecule has 0 saturated heterocycles. The van der Waals surface area contributed by atoms with Crippen LogP contribution in [-0.2, 0) is 4.79 Å². The van der Waals surface area contributed by atoms with Gasteiger partial charge in [-0.05, 0) is 32.8 Å². The molecular formula is C14H20N2O4. The van der Waals surface area contributed by atoms with Gasteiger partial charge in [-0.2, -0.15) is 0 Å². The lowest BCUT2D eigenvalue weighted by atomic mass is 10.1. The molecule has 0 aliphatic heterocycles. The third-order valence-electron chi connectivity index (χ3n) is 3.11. The Morgan fingerprint density at radius 1 is 1.45 bits per heavy atom. The fraction of sp³-hybridized carbons (Fsp3) is 0.500. The van der Waals surface area contributed by atoms with Gasteiger partial charge < -0.3 is 10.0 Å². The Hall–Kier alpha value is -2.11. The summed E-state index contributed by atoms with van der Waals surface area (Å²) < 4.78 is 0. The van der Waals surface area contributed by atoms with E-state index in [-0.39, 0.29) is 18.2 Å². The molecule has 1 aromatic rings. The lowest BCUT2D eigenvalue weighted by molar-refractivity contribution is -0.384. The minimum absolute atomic E-state index is 0.0584. The number of hydrogen-bond donors (Lipinski definition) is 1. The van der Waals surface area contributed by atoms with Gasteiger partial charge in [0.1, 0.15) is 5.69 Å². The number of aryl methyl sites for hydroxylation is 1. The van der Waals surface area contributed by atoms with E-state index in [1.807, 2.05) is 31.7 Å². The van der Waals surface area contributed by atoms with Crippen molar-refractivity contribution in [3.05, 3.63) is 33.9 Å². The first kappa shape index (κ1) is 15.9. The molecule has 0 spiro atoms. The largest absolute Gasteiger partial charge is 0.481 e. The molecule has 0 bridgehead atoms. The minimum Gasteiger partial charge on any atom is -0.481 e. The van der Waals surface area contributed by atoms with Crippen molar-refractivity contribution in [3.8, 4) is 0 Å². The molecule has 0 aromatic heterocycles. The molecule has 6 heteroatoms. The van der Waals surface area contributed by atoms with E-state index < -0.39 is 10.9 Å². The summed E-state index contributed by atoms with van der Waals surface area (Å²) in [6.45, 7) is 6.19. The number of aliphatic carboxylic acids is 1. The summed E-state index contributed by atoms with van der Waals surface area (Å²) in [7, 11) is 0. The zero-order chi connectivity index (χ0) is 15.3. The molecule has 0 atom stereocenters. The van der Waals surface area contributed by atoms with Gasteiger partial charge in [0.05, 0.1) is 4.92 Å². The molecule has 0 fully saturated rings. The van der Waals surface area contributed by atoms with E-state index in [0.29, 0.717) is 18.7 Å². The van der Waals surface area contributed by atoms with Crippen LogP contribution in [0.3, 0.4) is 0 Å². The van der Waals surface area contributed by atoms with Crippen LogP contribution in [0.25, 0.3) is 0 Å². The van der Waals surface area contributed by atoms with Crippen LogP contribution in [0.5, 0.6) is 0 Å². The van der Waals surface area contributed by atoms with Crippen LogP contribution in [0.1, 0.15) is 32.3 Å². The number of para-hydroxylation sites is 1. The molecule has 6 nitrogen and oxygen atoms in total. The average Bonchev–Trinajstić information content (AvgIpc) is 2.34. The highest BCUT2D eigenvalue weighted by atomic mass is 16.6. The minimum atomic E-state index is -0.854. The Morgan fingerprint density at radius 3 is 2.60 bits per heavy atom. The molecule has 0 radical (unpaired) electrons. The lowest BCUT2D eigenvalue weighted by Gasteiger charge is -2.29. The van der Waals surface area contributed by atoms with E-state index in [0.717, 1.165) is 5.56 Å². The van der Waals surface area contributed by atoms with E-state index in [4.69, 9.17) is 5.11 Å². The van der Waals surface area contributed by atoms with Crippen molar-refractivity contribution in [2.24, 2.45) is 0 Å². The smallest absolute Gasteiger partial charge is 0.303 e. The molecule has 0 aliphatic carbocycles. The standard InChI is InChI=1S/C14H20N2O4/c1-10(2)15(9-5-8-13(17)18)14-11(3)6-4-7-12(14)16(19)20/h4,6-7,10H,5,8-9H2,1-3H3,(H,17,18). The van der Waals surface area contributed by atoms with Gasteiger partial charge in [-0.1, -0.05) is 12.1 Å². The van der Waals surface area contributed by atoms with Gasteiger partial charge >= 0.3 is 5.97 Å². The Balaban J connectivity index is 3.08. The molecule has 1 rings (SSSR count). The first-order valence-corrected chi connectivity index (χ1v) is 6.57. The summed E-state index contributed by atoms with van der Waals surface area (Å²) in [6.07, 6.45) is 0.516. The Labute approximate surface area is 118 Å². The van der Waals surface area contributed by atoms with Crippen LogP contribution in [0.4, 0.5) is 11.4 Å². The van der Waals surface area contributed by atoms with Gasteiger partial charge in [0.25, 0.3) is 5.69 Å². The maximum Gasteiger partial charge on any atom is 0.303 e. The first-order valence-electron chi connectivity index (χ1n) is 6.57. The monoisotopic (exact) mass is 280 g/mol. The molecule has 0 unspecified atom stereocenters. The lowest BCUT2D eigenvalue weighted by Crippen LogP contribution is -2.33. The molecule has 1 N–H and O–H groups in total. The molecule has 0 heterocycles. The number of hydrogen-bond acceptors (Lipinski definition) is 4. The first-order chi connectivity index (χ1) is 9.34. The number of rotatable bonds is 7. The second-order valence-corrected chi connectivity index (χ2v) is 4.98. The number of carboxylic acid groups (broad SMARTS) is 1. The summed E-state index contributed by atoms with van der Waals surface area (Å²) in [6, 6.07) is 5.03. The molecular weight excluding hydrogens is 260 g/mol. The van der Waals surface area contributed by atoms with Gasteiger partial charge in [0.2, 0.25) is 0 Å². The fourth-order valence-electron chi connectivity index (χ4n) is 2.19. The third kappa shape index (κ3) is 3.94. The number of nitro groups is 1. The number of carboxylic acids is 1. The highest BCUT2D eigenvalue weighted by Gasteiger charge is 2.23. The fourth-order valence-corrected chi connectivity index (χ4v) is 2.19. The molecule has 0 aliphatic rings. The van der Waals surface area contributed by atoms with Crippen molar-refractivity contribution in [1.82, 2.24) is 0 Å². The van der Waals surface area contributed by atoms with Crippen molar-refractivity contribution in [2.45, 2.75) is 39.7 Å². The number of nitrogens with zero attached hydrogens (tertiary/aromatic N) is 2. The van der Waals surface area contributed by atoms with Crippen LogP contribution >= 0.6 is 0 Å². The quantitative estimate of drug-likeness (QED) is 0.613. The predicted octanol–water partition coefficient (Wildman–Crippen LogP) is 2.98. The summed E-state index contributed by atoms with van der Waals surface area (Å²) >= 11 is 0. The third-order valence-corrected chi connectivity index (χ3v) is 3.11. The zero-order valence-corrected chi connectivity index (χ0v) is 12.0. The van der Waals surface area contributed by atoms with Crippen LogP contribution < -0.4 is 4.90 Å². The summed E-state index contributed by atoms with van der Waals surface area (Å²) in [4.78, 5) is 23.3. The maximum absolute atomic E-state index is 11.2. The highest BCUT2D eigenvalue weighted by molar-refractivity contribution is 5.69. The van der Waals surface area contributed by atoms with E-state index in [1.54, 1.807) is 6.07 Å². The Bertz CT molecular complexity index is 500. The van der Waals surface area contributed by atoms with Crippen molar-refractivity contribution in [3.63, 3.8) is 0 Å². The number of nitro benzene ring substituents is 1. The van der Waals surface area contributed by atoms with E-state index in [1.165, 1.54) is 6.07 Å². The van der Waals surface area contributed by atoms with E-state index in [9.17, 15) is 14.9 Å². The van der Waals surface area contributed by atoms with Crippen molar-refractivity contribution in [1.29, 1.82) is 0 Å². The molecule has 20 heavy (non-hydrogen) atoms.